The van der Waals surface area contributed by atoms with Gasteiger partial charge in [0.25, 0.3) is 5.91 Å². The molecule has 30 heavy (non-hydrogen) atoms. The number of aryl methyl sites for hydroxylation is 1. The normalized spacial score (nSPS) is 18.6. The first kappa shape index (κ1) is 22.1. The zero-order chi connectivity index (χ0) is 21.5. The molecule has 3 N–H and O–H groups in total. The van der Waals surface area contributed by atoms with Crippen molar-refractivity contribution in [3.63, 3.8) is 0 Å². The summed E-state index contributed by atoms with van der Waals surface area (Å²) in [6.45, 7) is 11.2. The maximum Gasteiger partial charge on any atom is 0.265 e. The molecule has 0 bridgehead atoms. The summed E-state index contributed by atoms with van der Waals surface area (Å²) in [6, 6.07) is 6.63. The van der Waals surface area contributed by atoms with Gasteiger partial charge in [0.05, 0.1) is 25.4 Å². The van der Waals surface area contributed by atoms with Gasteiger partial charge < -0.3 is 20.5 Å². The minimum Gasteiger partial charge on any atom is -0.390 e. The van der Waals surface area contributed by atoms with Crippen molar-refractivity contribution < 1.29 is 14.6 Å². The van der Waals surface area contributed by atoms with E-state index in [1.54, 1.807) is 6.92 Å². The number of carbonyl (C=O) groups is 1. The van der Waals surface area contributed by atoms with Gasteiger partial charge in [-0.3, -0.25) is 9.69 Å². The minimum atomic E-state index is -0.644. The molecule has 0 spiro atoms. The van der Waals surface area contributed by atoms with E-state index in [9.17, 15) is 9.90 Å². The van der Waals surface area contributed by atoms with Crippen LogP contribution in [0.5, 0.6) is 0 Å². The van der Waals surface area contributed by atoms with Crippen molar-refractivity contribution in [1.82, 2.24) is 15.5 Å². The van der Waals surface area contributed by atoms with Crippen LogP contribution in [0, 0.1) is 6.92 Å². The Balaban J connectivity index is 1.39. The SMILES string of the molecule is C=C(N=CN=C(C)C(=O)NC[C@H](O)CN1CCc2cccc(C)c2C1)NC1COC1. The van der Waals surface area contributed by atoms with E-state index in [-0.39, 0.29) is 24.2 Å². The lowest BCUT2D eigenvalue weighted by Crippen LogP contribution is -2.44. The van der Waals surface area contributed by atoms with Crippen molar-refractivity contribution in [2.45, 2.75) is 39.0 Å². The Labute approximate surface area is 177 Å². The van der Waals surface area contributed by atoms with Gasteiger partial charge in [-0.1, -0.05) is 24.8 Å². The van der Waals surface area contributed by atoms with E-state index in [1.807, 2.05) is 0 Å². The number of fused-ring (bicyclic) bond motifs is 1. The average Bonchev–Trinajstić information content (AvgIpc) is 2.69. The number of β-amino-alcohol motifs (C(OH)–C–C–N with tert-alkyl or cyclic N) is 1. The van der Waals surface area contributed by atoms with Gasteiger partial charge in [0.15, 0.2) is 0 Å². The monoisotopic (exact) mass is 413 g/mol. The second-order valence-corrected chi connectivity index (χ2v) is 7.85. The molecule has 1 amide bonds. The zero-order valence-corrected chi connectivity index (χ0v) is 17.7. The van der Waals surface area contributed by atoms with Crippen LogP contribution in [0.25, 0.3) is 0 Å². The van der Waals surface area contributed by atoms with Gasteiger partial charge in [0, 0.05) is 26.2 Å². The summed E-state index contributed by atoms with van der Waals surface area (Å²) in [5.74, 6) is 0.153. The molecule has 8 heteroatoms. The molecule has 0 saturated carbocycles. The Hall–Kier alpha value is -2.55. The van der Waals surface area contributed by atoms with Gasteiger partial charge in [-0.05, 0) is 37.0 Å². The number of ether oxygens (including phenoxy) is 1. The van der Waals surface area contributed by atoms with Gasteiger partial charge in [-0.25, -0.2) is 9.98 Å². The maximum atomic E-state index is 12.2. The Bertz CT molecular complexity index is 832. The fourth-order valence-corrected chi connectivity index (χ4v) is 3.50. The number of aliphatic imine (C=N–C) groups is 2. The van der Waals surface area contributed by atoms with Crippen LogP contribution in [0.4, 0.5) is 0 Å². The molecule has 1 atom stereocenters. The Morgan fingerprint density at radius 3 is 3.00 bits per heavy atom. The highest BCUT2D eigenvalue weighted by molar-refractivity contribution is 6.39. The number of rotatable bonds is 9. The number of hydrogen-bond acceptors (Lipinski definition) is 6. The molecule has 0 unspecified atom stereocenters. The lowest BCUT2D eigenvalue weighted by molar-refractivity contribution is -0.115. The number of benzene rings is 1. The van der Waals surface area contributed by atoms with Crippen LogP contribution >= 0.6 is 0 Å². The number of aliphatic hydroxyl groups excluding tert-OH is 1. The first-order chi connectivity index (χ1) is 14.4. The third kappa shape index (κ3) is 6.22. The smallest absolute Gasteiger partial charge is 0.265 e. The quantitative estimate of drug-likeness (QED) is 0.411. The van der Waals surface area contributed by atoms with Crippen molar-refractivity contribution in [2.75, 3.05) is 32.8 Å². The molecule has 0 radical (unpaired) electrons. The largest absolute Gasteiger partial charge is 0.390 e. The van der Waals surface area contributed by atoms with Gasteiger partial charge in [0.1, 0.15) is 17.9 Å². The lowest BCUT2D eigenvalue weighted by Gasteiger charge is -2.31. The highest BCUT2D eigenvalue weighted by atomic mass is 16.5. The molecule has 1 aromatic carbocycles. The number of carbonyl (C=O) groups excluding carboxylic acids is 1. The van der Waals surface area contributed by atoms with E-state index in [0.29, 0.717) is 25.6 Å². The summed E-state index contributed by atoms with van der Waals surface area (Å²) < 4.78 is 5.07. The number of nitrogens with zero attached hydrogens (tertiary/aromatic N) is 3. The van der Waals surface area contributed by atoms with Crippen molar-refractivity contribution in [3.8, 4) is 0 Å². The Kier molecular flexibility index (Phi) is 7.73. The number of nitrogens with one attached hydrogen (secondary N) is 2. The Morgan fingerprint density at radius 2 is 2.27 bits per heavy atom. The number of hydrogen-bond donors (Lipinski definition) is 3. The molecule has 0 aromatic heterocycles. The van der Waals surface area contributed by atoms with Crippen LogP contribution in [0.2, 0.25) is 0 Å². The van der Waals surface area contributed by atoms with Crippen LogP contribution < -0.4 is 10.6 Å². The molecular weight excluding hydrogens is 382 g/mol. The molecule has 1 aromatic rings. The highest BCUT2D eigenvalue weighted by Gasteiger charge is 2.20. The molecule has 2 heterocycles. The molecule has 2 aliphatic heterocycles. The van der Waals surface area contributed by atoms with Crippen molar-refractivity contribution in [3.05, 3.63) is 47.3 Å². The van der Waals surface area contributed by atoms with Crippen LogP contribution in [0.15, 0.2) is 40.6 Å². The molecule has 1 fully saturated rings. The van der Waals surface area contributed by atoms with Crippen LogP contribution in [0.3, 0.4) is 0 Å². The highest BCUT2D eigenvalue weighted by Crippen LogP contribution is 2.22. The standard InChI is InChI=1S/C22H31N5O3/c1-15-5-4-6-18-7-8-27(11-21(15)18)10-20(28)9-23-22(29)16(2)24-14-25-17(3)26-19-12-30-13-19/h4-6,14,19-20,26,28H,3,7-13H2,1-2H3,(H,23,29)/t20-/m0/s1. The first-order valence-electron chi connectivity index (χ1n) is 10.3. The minimum absolute atomic E-state index is 0.176. The topological polar surface area (TPSA) is 98.5 Å². The summed E-state index contributed by atoms with van der Waals surface area (Å²) in [7, 11) is 0. The molecule has 2 aliphatic rings. The summed E-state index contributed by atoms with van der Waals surface area (Å²) in [4.78, 5) is 22.5. The van der Waals surface area contributed by atoms with Crippen LogP contribution in [0.1, 0.15) is 23.6 Å². The van der Waals surface area contributed by atoms with E-state index in [2.05, 4.69) is 57.2 Å². The fraction of sp³-hybridized carbons (Fsp3) is 0.500. The third-order valence-corrected chi connectivity index (χ3v) is 5.36. The van der Waals surface area contributed by atoms with Gasteiger partial charge in [-0.15, -0.1) is 0 Å². The average molecular weight is 414 g/mol. The second-order valence-electron chi connectivity index (χ2n) is 7.85. The van der Waals surface area contributed by atoms with E-state index in [4.69, 9.17) is 4.74 Å². The molecule has 8 nitrogen and oxygen atoms in total. The molecule has 1 saturated heterocycles. The van der Waals surface area contributed by atoms with Crippen molar-refractivity contribution in [2.24, 2.45) is 9.98 Å². The summed E-state index contributed by atoms with van der Waals surface area (Å²) in [5.41, 5.74) is 4.30. The zero-order valence-electron chi connectivity index (χ0n) is 17.7. The van der Waals surface area contributed by atoms with Crippen LogP contribution in [-0.2, 0) is 22.5 Å². The van der Waals surface area contributed by atoms with Crippen molar-refractivity contribution in [1.29, 1.82) is 0 Å². The summed E-state index contributed by atoms with van der Waals surface area (Å²) in [5, 5.41) is 16.2. The van der Waals surface area contributed by atoms with Crippen molar-refractivity contribution >= 4 is 18.0 Å². The summed E-state index contributed by atoms with van der Waals surface area (Å²) in [6.07, 6.45) is 1.64. The Morgan fingerprint density at radius 1 is 1.47 bits per heavy atom. The van der Waals surface area contributed by atoms with Gasteiger partial charge >= 0.3 is 0 Å². The predicted molar refractivity (Wildman–Crippen MR) is 118 cm³/mol. The fourth-order valence-electron chi connectivity index (χ4n) is 3.50. The van der Waals surface area contributed by atoms with Crippen LogP contribution in [-0.4, -0.2) is 73.0 Å². The first-order valence-corrected chi connectivity index (χ1v) is 10.3. The maximum absolute atomic E-state index is 12.2. The molecular formula is C22H31N5O3. The molecule has 162 valence electrons. The van der Waals surface area contributed by atoms with Gasteiger partial charge in [0.2, 0.25) is 0 Å². The second kappa shape index (κ2) is 10.5. The van der Waals surface area contributed by atoms with Gasteiger partial charge in [-0.2, -0.15) is 0 Å². The number of amides is 1. The summed E-state index contributed by atoms with van der Waals surface area (Å²) >= 11 is 0. The predicted octanol–water partition coefficient (Wildman–Crippen LogP) is 0.779. The molecule has 3 rings (SSSR count). The van der Waals surface area contributed by atoms with E-state index >= 15 is 0 Å². The molecule has 0 aliphatic carbocycles. The van der Waals surface area contributed by atoms with E-state index in [0.717, 1.165) is 19.5 Å². The lowest BCUT2D eigenvalue weighted by atomic mass is 9.95. The number of aliphatic hydroxyl groups is 1. The third-order valence-electron chi connectivity index (χ3n) is 5.36. The van der Waals surface area contributed by atoms with E-state index < -0.39 is 6.10 Å². The van der Waals surface area contributed by atoms with E-state index in [1.165, 1.54) is 23.0 Å².